The van der Waals surface area contributed by atoms with E-state index in [9.17, 15) is 28.6 Å². The number of halogens is 4. The summed E-state index contributed by atoms with van der Waals surface area (Å²) in [6.07, 6.45) is 12.0. The average Bonchev–Trinajstić information content (AvgIpc) is 4.04. The fourth-order valence-electron chi connectivity index (χ4n) is 11.8. The van der Waals surface area contributed by atoms with Crippen LogP contribution in [-0.4, -0.2) is 135 Å². The number of piperidine rings is 4. The van der Waals surface area contributed by atoms with Crippen molar-refractivity contribution in [1.29, 1.82) is 0 Å². The first kappa shape index (κ1) is 51.4. The maximum Gasteiger partial charge on any atom is 0.321 e. The van der Waals surface area contributed by atoms with Gasteiger partial charge in [-0.1, -0.05) is 59.6 Å². The van der Waals surface area contributed by atoms with Crippen molar-refractivity contribution >= 4 is 68.6 Å². The van der Waals surface area contributed by atoms with Crippen molar-refractivity contribution in [1.82, 2.24) is 29.6 Å². The normalized spacial score (nSPS) is 19.3. The number of nitrogens with one attached hydrogen (secondary N) is 3. The summed E-state index contributed by atoms with van der Waals surface area (Å²) in [6, 6.07) is 24.4. The number of aliphatic imine (C=N–C) groups is 1. The Labute approximate surface area is 429 Å². The number of aliphatic hydroxyl groups is 2. The van der Waals surface area contributed by atoms with Crippen molar-refractivity contribution in [3.63, 3.8) is 0 Å². The van der Waals surface area contributed by atoms with Crippen molar-refractivity contribution in [2.75, 3.05) is 70.9 Å². The first-order chi connectivity index (χ1) is 35.0. The Morgan fingerprint density at radius 3 is 1.58 bits per heavy atom. The SMILES string of the molecule is NC(=NC(=O)c1ccc(Cl)c(Cl)c1)N1CCC(C(CO)N2CCC(c3c[nH]c4ccccc34)CC2)CC1.O=C(Nc1cc(F)cc(F)c1)N1CCC(C(CO)N2CCC(c3c[nH]c4ccccc34)CC2)CC1. The smallest absolute Gasteiger partial charge is 0.321 e. The van der Waals surface area contributed by atoms with E-state index >= 15 is 0 Å². The molecule has 2 aromatic heterocycles. The van der Waals surface area contributed by atoms with E-state index in [1.54, 1.807) is 17.0 Å². The van der Waals surface area contributed by atoms with E-state index < -0.39 is 17.5 Å². The molecule has 0 aliphatic carbocycles. The summed E-state index contributed by atoms with van der Waals surface area (Å²) in [4.78, 5) is 44.5. The molecule has 2 unspecified atom stereocenters. The molecule has 4 aromatic carbocycles. The van der Waals surface area contributed by atoms with Crippen molar-refractivity contribution in [2.24, 2.45) is 22.6 Å². The molecule has 0 spiro atoms. The van der Waals surface area contributed by atoms with Crippen LogP contribution in [0.5, 0.6) is 0 Å². The summed E-state index contributed by atoms with van der Waals surface area (Å²) >= 11 is 12.0. The number of amides is 3. The molecule has 0 bridgehead atoms. The highest BCUT2D eigenvalue weighted by atomic mass is 35.5. The highest BCUT2D eigenvalue weighted by molar-refractivity contribution is 6.42. The van der Waals surface area contributed by atoms with E-state index in [2.05, 4.69) is 84.9 Å². The van der Waals surface area contributed by atoms with Crippen LogP contribution in [-0.2, 0) is 0 Å². The van der Waals surface area contributed by atoms with Crippen molar-refractivity contribution in [3.05, 3.63) is 136 Å². The monoisotopic (exact) mass is 1020 g/mol. The summed E-state index contributed by atoms with van der Waals surface area (Å²) in [5, 5.41) is 26.5. The molecule has 6 aromatic rings. The second-order valence-corrected chi connectivity index (χ2v) is 20.7. The van der Waals surface area contributed by atoms with E-state index in [0.717, 1.165) is 95.7 Å². The van der Waals surface area contributed by atoms with Gasteiger partial charge in [0.15, 0.2) is 5.96 Å². The molecular formula is C55H65Cl2F2N9O4. The number of likely N-dealkylation sites (tertiary alicyclic amines) is 4. The predicted octanol–water partition coefficient (Wildman–Crippen LogP) is 9.81. The number of para-hydroxylation sites is 2. The molecule has 382 valence electrons. The van der Waals surface area contributed by atoms with Crippen molar-refractivity contribution < 1.29 is 28.6 Å². The van der Waals surface area contributed by atoms with E-state index in [1.165, 1.54) is 39.0 Å². The molecule has 4 saturated heterocycles. The number of benzene rings is 4. The summed E-state index contributed by atoms with van der Waals surface area (Å²) in [6.45, 7) is 6.64. The van der Waals surface area contributed by atoms with Gasteiger partial charge >= 0.3 is 6.03 Å². The van der Waals surface area contributed by atoms with Gasteiger partial charge in [-0.25, -0.2) is 13.6 Å². The topological polar surface area (TPSA) is 170 Å². The summed E-state index contributed by atoms with van der Waals surface area (Å²) in [5.74, 6) is 0.0676. The minimum absolute atomic E-state index is 0.0847. The van der Waals surface area contributed by atoms with Gasteiger partial charge in [0.25, 0.3) is 5.91 Å². The fraction of sp³-hybridized carbons (Fsp3) is 0.436. The largest absolute Gasteiger partial charge is 0.395 e. The number of aliphatic hydroxyl groups excluding tert-OH is 2. The number of aromatic nitrogens is 2. The van der Waals surface area contributed by atoms with Gasteiger partial charge in [-0.3, -0.25) is 14.6 Å². The molecular weight excluding hydrogens is 960 g/mol. The number of hydrogen-bond donors (Lipinski definition) is 6. The number of fused-ring (bicyclic) bond motifs is 2. The second kappa shape index (κ2) is 23.5. The lowest BCUT2D eigenvalue weighted by atomic mass is 9.85. The summed E-state index contributed by atoms with van der Waals surface area (Å²) in [5.41, 5.74) is 11.8. The Morgan fingerprint density at radius 1 is 0.639 bits per heavy atom. The van der Waals surface area contributed by atoms with Crippen LogP contribution in [0.15, 0.2) is 102 Å². The number of carbonyl (C=O) groups excluding carboxylic acids is 2. The quantitative estimate of drug-likeness (QED) is 0.0582. The molecule has 0 radical (unpaired) electrons. The van der Waals surface area contributed by atoms with Gasteiger partial charge in [-0.2, -0.15) is 4.99 Å². The second-order valence-electron chi connectivity index (χ2n) is 19.8. The molecule has 10 rings (SSSR count). The zero-order valence-corrected chi connectivity index (χ0v) is 42.0. The lowest BCUT2D eigenvalue weighted by Crippen LogP contribution is -2.51. The van der Waals surface area contributed by atoms with Gasteiger partial charge in [0.1, 0.15) is 11.6 Å². The van der Waals surface area contributed by atoms with Crippen LogP contribution in [0.3, 0.4) is 0 Å². The summed E-state index contributed by atoms with van der Waals surface area (Å²) < 4.78 is 26.8. The van der Waals surface area contributed by atoms with Crippen LogP contribution in [0.2, 0.25) is 10.0 Å². The lowest BCUT2D eigenvalue weighted by molar-refractivity contribution is 0.0393. The highest BCUT2D eigenvalue weighted by Crippen LogP contribution is 2.37. The van der Waals surface area contributed by atoms with Crippen LogP contribution in [0.1, 0.15) is 84.7 Å². The third kappa shape index (κ3) is 11.9. The molecule has 3 amide bonds. The molecule has 4 aliphatic heterocycles. The minimum Gasteiger partial charge on any atom is -0.395 e. The number of aromatic amines is 2. The number of urea groups is 1. The summed E-state index contributed by atoms with van der Waals surface area (Å²) in [7, 11) is 0. The van der Waals surface area contributed by atoms with E-state index in [0.29, 0.717) is 65.5 Å². The van der Waals surface area contributed by atoms with Crippen molar-refractivity contribution in [3.8, 4) is 0 Å². The standard InChI is InChI=1S/C28H33Cl2N5O2.C27H32F2N4O2/c29-23-6-5-20(15-24(23)30)27(37)33-28(31)35-13-9-19(10-14-35)26(17-36)34-11-7-18(8-12-34)22-16-32-25-4-2-1-3-21(22)25;28-20-13-21(29)15-22(14-20)31-27(35)33-11-7-19(8-12-33)26(17-34)32-9-5-18(6-10-32)24-16-30-25-4-2-1-3-23(24)25/h1-6,15-16,18-19,26,32,36H,7-14,17H2,(H2,31,33,37);1-4,13-16,18-19,26,30,34H,5-12,17H2,(H,31,35). The maximum atomic E-state index is 13.4. The lowest BCUT2D eigenvalue weighted by Gasteiger charge is -2.43. The number of H-pyrrole nitrogens is 2. The number of guanidine groups is 1. The Balaban J connectivity index is 0.000000178. The molecule has 13 nitrogen and oxygen atoms in total. The molecule has 72 heavy (non-hydrogen) atoms. The minimum atomic E-state index is -0.724. The number of hydrogen-bond acceptors (Lipinski definition) is 6. The Bertz CT molecular complexity index is 2810. The number of carbonyl (C=O) groups is 2. The van der Waals surface area contributed by atoms with Crippen LogP contribution >= 0.6 is 23.2 Å². The van der Waals surface area contributed by atoms with Crippen LogP contribution < -0.4 is 11.1 Å². The van der Waals surface area contributed by atoms with Gasteiger partial charge < -0.3 is 41.0 Å². The number of nitrogens with zero attached hydrogens (tertiary/aromatic N) is 5. The molecule has 6 heterocycles. The van der Waals surface area contributed by atoms with Crippen LogP contribution in [0.4, 0.5) is 19.3 Å². The molecule has 0 saturated carbocycles. The third-order valence-corrected chi connectivity index (χ3v) is 16.5. The third-order valence-electron chi connectivity index (χ3n) is 15.8. The Kier molecular flexibility index (Phi) is 16.8. The Morgan fingerprint density at radius 2 is 1.11 bits per heavy atom. The number of rotatable bonds is 10. The first-order valence-electron chi connectivity index (χ1n) is 25.4. The van der Waals surface area contributed by atoms with E-state index in [4.69, 9.17) is 28.9 Å². The highest BCUT2D eigenvalue weighted by Gasteiger charge is 2.36. The fourth-order valence-corrected chi connectivity index (χ4v) is 12.1. The van der Waals surface area contributed by atoms with Gasteiger partial charge in [0.2, 0.25) is 0 Å². The molecule has 2 atom stereocenters. The Hall–Kier alpha value is -5.55. The number of nitrogens with two attached hydrogens (primary N) is 1. The molecule has 4 aliphatic rings. The maximum absolute atomic E-state index is 13.4. The van der Waals surface area contributed by atoms with Crippen LogP contribution in [0, 0.1) is 23.5 Å². The first-order valence-corrected chi connectivity index (χ1v) is 26.1. The van der Waals surface area contributed by atoms with Gasteiger partial charge in [0.05, 0.1) is 23.3 Å². The number of anilines is 1. The molecule has 17 heteroatoms. The predicted molar refractivity (Wildman–Crippen MR) is 282 cm³/mol. The van der Waals surface area contributed by atoms with E-state index in [1.807, 2.05) is 11.0 Å². The van der Waals surface area contributed by atoms with Crippen molar-refractivity contribution in [2.45, 2.75) is 75.3 Å². The zero-order valence-electron chi connectivity index (χ0n) is 40.5. The van der Waals surface area contributed by atoms with Gasteiger partial charge in [0, 0.05) is 89.8 Å². The van der Waals surface area contributed by atoms with Gasteiger partial charge in [-0.15, -0.1) is 0 Å². The zero-order chi connectivity index (χ0) is 50.3. The molecule has 7 N–H and O–H groups in total. The van der Waals surface area contributed by atoms with Gasteiger partial charge in [-0.05, 0) is 155 Å². The van der Waals surface area contributed by atoms with Crippen LogP contribution in [0.25, 0.3) is 21.8 Å². The molecule has 4 fully saturated rings. The average molecular weight is 1030 g/mol. The van der Waals surface area contributed by atoms with E-state index in [-0.39, 0.29) is 43.0 Å².